The molecule has 0 spiro atoms. The number of rotatable bonds is 1. The van der Waals surface area contributed by atoms with E-state index < -0.39 is 0 Å². The van der Waals surface area contributed by atoms with Gasteiger partial charge in [-0.3, -0.25) is 0 Å². The van der Waals surface area contributed by atoms with Gasteiger partial charge in [0, 0.05) is 5.92 Å². The van der Waals surface area contributed by atoms with Crippen LogP contribution in [-0.2, 0) is 9.47 Å². The van der Waals surface area contributed by atoms with Crippen LogP contribution in [-0.4, -0.2) is 19.0 Å². The van der Waals surface area contributed by atoms with Gasteiger partial charge in [-0.05, 0) is 19.3 Å². The van der Waals surface area contributed by atoms with E-state index in [1.54, 1.807) is 0 Å². The Hall–Kier alpha value is -0.0800. The second-order valence-corrected chi connectivity index (χ2v) is 3.74. The van der Waals surface area contributed by atoms with Crippen LogP contribution in [0.5, 0.6) is 0 Å². The molecule has 2 nitrogen and oxygen atoms in total. The second-order valence-electron chi connectivity index (χ2n) is 3.74. The van der Waals surface area contributed by atoms with Crippen LogP contribution in [0.15, 0.2) is 0 Å². The van der Waals surface area contributed by atoms with Gasteiger partial charge in [0.15, 0.2) is 5.79 Å². The minimum absolute atomic E-state index is 0.222. The fourth-order valence-electron chi connectivity index (χ4n) is 2.36. The van der Waals surface area contributed by atoms with E-state index in [0.29, 0.717) is 5.92 Å². The maximum atomic E-state index is 5.65. The average molecular weight is 156 g/mol. The molecule has 3 atom stereocenters. The van der Waals surface area contributed by atoms with Gasteiger partial charge in [-0.25, -0.2) is 0 Å². The maximum Gasteiger partial charge on any atom is 0.168 e. The molecular formula is C9H16O2. The van der Waals surface area contributed by atoms with Crippen LogP contribution < -0.4 is 0 Å². The number of hydrogen-bond acceptors (Lipinski definition) is 2. The van der Waals surface area contributed by atoms with Gasteiger partial charge in [0.05, 0.1) is 13.2 Å². The molecule has 0 amide bonds. The van der Waals surface area contributed by atoms with E-state index in [2.05, 4.69) is 13.8 Å². The number of hydrogen-bond donors (Lipinski definition) is 0. The molecule has 2 aliphatic heterocycles. The quantitative estimate of drug-likeness (QED) is 0.576. The molecular weight excluding hydrogens is 140 g/mol. The minimum atomic E-state index is -0.222. The lowest BCUT2D eigenvalue weighted by atomic mass is 9.87. The second kappa shape index (κ2) is 2.46. The summed E-state index contributed by atoms with van der Waals surface area (Å²) in [5.74, 6) is 1.18. The Bertz CT molecular complexity index is 158. The van der Waals surface area contributed by atoms with E-state index in [9.17, 15) is 0 Å². The van der Waals surface area contributed by atoms with Crippen molar-refractivity contribution in [1.82, 2.24) is 0 Å². The molecule has 2 rings (SSSR count). The van der Waals surface area contributed by atoms with E-state index in [1.165, 1.54) is 12.8 Å². The lowest BCUT2D eigenvalue weighted by molar-refractivity contribution is -0.181. The highest BCUT2D eigenvalue weighted by atomic mass is 16.7. The maximum absolute atomic E-state index is 5.65. The normalized spacial score (nSPS) is 49.6. The van der Waals surface area contributed by atoms with Crippen molar-refractivity contribution in [3.63, 3.8) is 0 Å². The Morgan fingerprint density at radius 1 is 1.45 bits per heavy atom. The van der Waals surface area contributed by atoms with Crippen LogP contribution in [0.1, 0.15) is 26.7 Å². The van der Waals surface area contributed by atoms with Crippen LogP contribution in [0.4, 0.5) is 0 Å². The molecule has 0 saturated carbocycles. The van der Waals surface area contributed by atoms with E-state index in [-0.39, 0.29) is 5.79 Å². The molecule has 2 saturated heterocycles. The third-order valence-electron chi connectivity index (χ3n) is 3.17. The minimum Gasteiger partial charge on any atom is -0.350 e. The zero-order chi connectivity index (χ0) is 7.90. The van der Waals surface area contributed by atoms with Crippen molar-refractivity contribution in [2.24, 2.45) is 11.8 Å². The zero-order valence-electron chi connectivity index (χ0n) is 7.30. The smallest absolute Gasteiger partial charge is 0.168 e. The number of fused-ring (bicyclic) bond motifs is 1. The van der Waals surface area contributed by atoms with Crippen molar-refractivity contribution in [3.8, 4) is 0 Å². The van der Waals surface area contributed by atoms with Crippen LogP contribution >= 0.6 is 0 Å². The average Bonchev–Trinajstić information content (AvgIpc) is 2.45. The van der Waals surface area contributed by atoms with Gasteiger partial charge in [0.25, 0.3) is 0 Å². The van der Waals surface area contributed by atoms with Crippen molar-refractivity contribution < 1.29 is 9.47 Å². The number of ether oxygens (including phenoxy) is 2. The first-order valence-electron chi connectivity index (χ1n) is 4.54. The highest BCUT2D eigenvalue weighted by Crippen LogP contribution is 2.44. The Morgan fingerprint density at radius 3 is 3.00 bits per heavy atom. The molecule has 0 aromatic carbocycles. The molecule has 11 heavy (non-hydrogen) atoms. The summed E-state index contributed by atoms with van der Waals surface area (Å²) in [5, 5.41) is 0. The van der Waals surface area contributed by atoms with Gasteiger partial charge in [-0.2, -0.15) is 0 Å². The Labute approximate surface area is 67.9 Å². The summed E-state index contributed by atoms with van der Waals surface area (Å²) in [6.07, 6.45) is 2.42. The van der Waals surface area contributed by atoms with Crippen molar-refractivity contribution in [2.45, 2.75) is 32.5 Å². The van der Waals surface area contributed by atoms with Gasteiger partial charge in [0.1, 0.15) is 0 Å². The Morgan fingerprint density at radius 2 is 2.27 bits per heavy atom. The van der Waals surface area contributed by atoms with Gasteiger partial charge in [-0.1, -0.05) is 13.3 Å². The molecule has 0 N–H and O–H groups in total. The first kappa shape index (κ1) is 7.56. The fraction of sp³-hybridized carbons (Fsp3) is 1.00. The largest absolute Gasteiger partial charge is 0.350 e. The predicted octanol–water partition coefficient (Wildman–Crippen LogP) is 1.80. The summed E-state index contributed by atoms with van der Waals surface area (Å²) >= 11 is 0. The Balaban J connectivity index is 2.13. The summed E-state index contributed by atoms with van der Waals surface area (Å²) < 4.78 is 11.2. The molecule has 2 fully saturated rings. The van der Waals surface area contributed by atoms with Crippen molar-refractivity contribution in [1.29, 1.82) is 0 Å². The van der Waals surface area contributed by atoms with E-state index in [0.717, 1.165) is 19.1 Å². The molecule has 0 radical (unpaired) electrons. The van der Waals surface area contributed by atoms with Gasteiger partial charge >= 0.3 is 0 Å². The molecule has 2 heteroatoms. The molecule has 0 aromatic heterocycles. The van der Waals surface area contributed by atoms with E-state index >= 15 is 0 Å². The summed E-state index contributed by atoms with van der Waals surface area (Å²) in [5.41, 5.74) is 0. The lowest BCUT2D eigenvalue weighted by Crippen LogP contribution is -2.29. The van der Waals surface area contributed by atoms with Crippen molar-refractivity contribution in [2.75, 3.05) is 13.2 Å². The third-order valence-corrected chi connectivity index (χ3v) is 3.17. The fourth-order valence-corrected chi connectivity index (χ4v) is 2.36. The highest BCUT2D eigenvalue weighted by molar-refractivity contribution is 4.90. The first-order chi connectivity index (χ1) is 5.26. The molecule has 2 heterocycles. The van der Waals surface area contributed by atoms with Crippen LogP contribution in [0.2, 0.25) is 0 Å². The standard InChI is InChI=1S/C9H16O2/c1-3-7-6-11-9(2)8(7)4-5-10-9/h7-8H,3-6H2,1-2H3/t7?,8-,9+/m1/s1. The van der Waals surface area contributed by atoms with E-state index in [1.807, 2.05) is 0 Å². The molecule has 2 aliphatic rings. The predicted molar refractivity (Wildman–Crippen MR) is 42.2 cm³/mol. The third kappa shape index (κ3) is 1.00. The van der Waals surface area contributed by atoms with Crippen LogP contribution in [0.25, 0.3) is 0 Å². The van der Waals surface area contributed by atoms with Crippen LogP contribution in [0.3, 0.4) is 0 Å². The molecule has 0 aromatic rings. The van der Waals surface area contributed by atoms with Gasteiger partial charge in [-0.15, -0.1) is 0 Å². The highest BCUT2D eigenvalue weighted by Gasteiger charge is 2.50. The van der Waals surface area contributed by atoms with Crippen molar-refractivity contribution >= 4 is 0 Å². The zero-order valence-corrected chi connectivity index (χ0v) is 7.30. The summed E-state index contributed by atoms with van der Waals surface area (Å²) in [6, 6.07) is 0. The molecule has 1 unspecified atom stereocenters. The van der Waals surface area contributed by atoms with Crippen molar-refractivity contribution in [3.05, 3.63) is 0 Å². The molecule has 0 bridgehead atoms. The topological polar surface area (TPSA) is 18.5 Å². The first-order valence-corrected chi connectivity index (χ1v) is 4.54. The van der Waals surface area contributed by atoms with E-state index in [4.69, 9.17) is 9.47 Å². The summed E-state index contributed by atoms with van der Waals surface area (Å²) in [7, 11) is 0. The van der Waals surface area contributed by atoms with Gasteiger partial charge < -0.3 is 9.47 Å². The summed E-state index contributed by atoms with van der Waals surface area (Å²) in [6.45, 7) is 6.10. The lowest BCUT2D eigenvalue weighted by Gasteiger charge is -2.22. The SMILES string of the molecule is CCC1CO[C@]2(C)OCC[C@H]12. The molecule has 0 aliphatic carbocycles. The monoisotopic (exact) mass is 156 g/mol. The molecule has 64 valence electrons. The van der Waals surface area contributed by atoms with Gasteiger partial charge in [0.2, 0.25) is 0 Å². The Kier molecular flexibility index (Phi) is 1.69. The summed E-state index contributed by atoms with van der Waals surface area (Å²) in [4.78, 5) is 0. The van der Waals surface area contributed by atoms with Crippen LogP contribution in [0, 0.1) is 11.8 Å².